The minimum atomic E-state index is -0.754. The van der Waals surface area contributed by atoms with Crippen LogP contribution in [0, 0.1) is 11.7 Å². The van der Waals surface area contributed by atoms with Crippen molar-refractivity contribution in [1.29, 1.82) is 0 Å². The van der Waals surface area contributed by atoms with Crippen molar-refractivity contribution >= 4 is 22.8 Å². The summed E-state index contributed by atoms with van der Waals surface area (Å²) in [6, 6.07) is 8.61. The fourth-order valence-electron chi connectivity index (χ4n) is 4.95. The maximum absolute atomic E-state index is 15.3. The number of halogens is 1. The Morgan fingerprint density at radius 2 is 2.06 bits per heavy atom. The largest absolute Gasteiger partial charge is 0.497 e. The number of methoxy groups -OCH3 is 1. The highest BCUT2D eigenvalue weighted by molar-refractivity contribution is 5.94. The van der Waals surface area contributed by atoms with Crippen LogP contribution in [0.1, 0.15) is 30.1 Å². The van der Waals surface area contributed by atoms with Crippen LogP contribution in [0.15, 0.2) is 41.3 Å². The maximum atomic E-state index is 15.3. The molecule has 0 amide bonds. The van der Waals surface area contributed by atoms with Gasteiger partial charge in [-0.05, 0) is 62.6 Å². The number of fused-ring (bicyclic) bond motifs is 2. The molecule has 2 saturated heterocycles. The third-order valence-corrected chi connectivity index (χ3v) is 6.66. The Labute approximate surface area is 196 Å². The maximum Gasteiger partial charge on any atom is 0.343 e. The molecule has 178 valence electrons. The number of carbonyl (C=O) groups is 1. The van der Waals surface area contributed by atoms with Crippen LogP contribution in [0.3, 0.4) is 0 Å². The average Bonchev–Trinajstić information content (AvgIpc) is 3.28. The molecule has 1 N–H and O–H groups in total. The fourth-order valence-corrected chi connectivity index (χ4v) is 4.95. The normalized spacial score (nSPS) is 19.8. The van der Waals surface area contributed by atoms with Gasteiger partial charge in [0, 0.05) is 31.0 Å². The summed E-state index contributed by atoms with van der Waals surface area (Å²) in [5, 5.41) is 3.54. The standard InChI is InChI=1S/C25H27FN4O4/c1-3-34-25(32)19-13-30(16-6-8-17(33-2)9-7-16)23-18(22(19)31)11-20(26)24(28-23)29-12-15-5-4-10-27-21(15)14-29/h6-9,11,13,15,21,27H,3-5,10,12,14H2,1-2H3. The van der Waals surface area contributed by atoms with Crippen molar-refractivity contribution < 1.29 is 18.7 Å². The molecular weight excluding hydrogens is 439 g/mol. The summed E-state index contributed by atoms with van der Waals surface area (Å²) < 4.78 is 27.3. The summed E-state index contributed by atoms with van der Waals surface area (Å²) in [5.74, 6) is -0.0113. The van der Waals surface area contributed by atoms with E-state index in [-0.39, 0.29) is 29.0 Å². The second-order valence-corrected chi connectivity index (χ2v) is 8.69. The van der Waals surface area contributed by atoms with E-state index in [9.17, 15) is 9.59 Å². The molecule has 2 aliphatic rings. The third-order valence-electron chi connectivity index (χ3n) is 6.66. The van der Waals surface area contributed by atoms with E-state index in [0.717, 1.165) is 19.4 Å². The lowest BCUT2D eigenvalue weighted by Crippen LogP contribution is -2.40. The first-order chi connectivity index (χ1) is 16.5. The summed E-state index contributed by atoms with van der Waals surface area (Å²) in [6.07, 6.45) is 3.63. The zero-order valence-electron chi connectivity index (χ0n) is 19.2. The number of esters is 1. The van der Waals surface area contributed by atoms with Crippen LogP contribution in [-0.4, -0.2) is 54.9 Å². The summed E-state index contributed by atoms with van der Waals surface area (Å²) in [6.45, 7) is 4.12. The number of ether oxygens (including phenoxy) is 2. The first kappa shape index (κ1) is 22.3. The minimum absolute atomic E-state index is 0.0253. The summed E-state index contributed by atoms with van der Waals surface area (Å²) in [7, 11) is 1.57. The lowest BCUT2D eigenvalue weighted by atomic mass is 9.94. The zero-order chi connectivity index (χ0) is 23.8. The highest BCUT2D eigenvalue weighted by Gasteiger charge is 2.36. The Kier molecular flexibility index (Phi) is 5.95. The predicted octanol–water partition coefficient (Wildman–Crippen LogP) is 2.90. The Morgan fingerprint density at radius 3 is 2.76 bits per heavy atom. The lowest BCUT2D eigenvalue weighted by molar-refractivity contribution is 0.0524. The van der Waals surface area contributed by atoms with E-state index in [1.54, 1.807) is 42.9 Å². The molecule has 0 radical (unpaired) electrons. The van der Waals surface area contributed by atoms with Gasteiger partial charge < -0.3 is 24.3 Å². The number of rotatable bonds is 5. The van der Waals surface area contributed by atoms with Gasteiger partial charge in [-0.25, -0.2) is 14.2 Å². The summed E-state index contributed by atoms with van der Waals surface area (Å²) in [4.78, 5) is 32.3. The molecule has 0 aliphatic carbocycles. The molecule has 2 aromatic heterocycles. The fraction of sp³-hybridized carbons (Fsp3) is 0.400. The van der Waals surface area contributed by atoms with Crippen molar-refractivity contribution in [3.63, 3.8) is 0 Å². The SMILES string of the molecule is CCOC(=O)c1cn(-c2ccc(OC)cc2)c2nc(N3CC4CCCNC4C3)c(F)cc2c1=O. The molecule has 2 fully saturated rings. The van der Waals surface area contributed by atoms with Gasteiger partial charge in [0.25, 0.3) is 0 Å². The van der Waals surface area contributed by atoms with E-state index in [1.807, 2.05) is 4.90 Å². The number of pyridine rings is 2. The van der Waals surface area contributed by atoms with Gasteiger partial charge in [0.05, 0.1) is 19.1 Å². The Hall–Kier alpha value is -3.46. The molecule has 8 nitrogen and oxygen atoms in total. The van der Waals surface area contributed by atoms with Gasteiger partial charge in [-0.1, -0.05) is 0 Å². The molecular formula is C25H27FN4O4. The Balaban J connectivity index is 1.68. The smallest absolute Gasteiger partial charge is 0.343 e. The van der Waals surface area contributed by atoms with Crippen molar-refractivity contribution in [2.45, 2.75) is 25.8 Å². The van der Waals surface area contributed by atoms with Gasteiger partial charge in [-0.3, -0.25) is 4.79 Å². The topological polar surface area (TPSA) is 85.7 Å². The van der Waals surface area contributed by atoms with Crippen LogP contribution in [0.4, 0.5) is 10.2 Å². The van der Waals surface area contributed by atoms with E-state index in [2.05, 4.69) is 10.3 Å². The van der Waals surface area contributed by atoms with Crippen molar-refractivity contribution in [3.05, 3.63) is 58.1 Å². The van der Waals surface area contributed by atoms with Crippen molar-refractivity contribution in [2.75, 3.05) is 38.3 Å². The van der Waals surface area contributed by atoms with Crippen LogP contribution in [0.5, 0.6) is 5.75 Å². The first-order valence-electron chi connectivity index (χ1n) is 11.6. The number of hydrogen-bond acceptors (Lipinski definition) is 7. The molecule has 2 aliphatic heterocycles. The van der Waals surface area contributed by atoms with E-state index in [0.29, 0.717) is 36.5 Å². The number of aromatic nitrogens is 2. The van der Waals surface area contributed by atoms with Gasteiger partial charge in [0.1, 0.15) is 11.3 Å². The number of anilines is 1. The minimum Gasteiger partial charge on any atom is -0.497 e. The molecule has 0 saturated carbocycles. The van der Waals surface area contributed by atoms with E-state index in [4.69, 9.17) is 9.47 Å². The van der Waals surface area contributed by atoms with Crippen LogP contribution < -0.4 is 20.4 Å². The van der Waals surface area contributed by atoms with Gasteiger partial charge in [0.15, 0.2) is 17.3 Å². The number of benzene rings is 1. The third kappa shape index (κ3) is 3.90. The average molecular weight is 467 g/mol. The first-order valence-corrected chi connectivity index (χ1v) is 11.6. The number of piperidine rings is 1. The summed E-state index contributed by atoms with van der Waals surface area (Å²) in [5.41, 5.74) is 0.157. The van der Waals surface area contributed by atoms with Crippen LogP contribution >= 0.6 is 0 Å². The predicted molar refractivity (Wildman–Crippen MR) is 127 cm³/mol. The second-order valence-electron chi connectivity index (χ2n) is 8.69. The van der Waals surface area contributed by atoms with E-state index in [1.165, 1.54) is 12.3 Å². The molecule has 0 spiro atoms. The van der Waals surface area contributed by atoms with E-state index < -0.39 is 17.2 Å². The van der Waals surface area contributed by atoms with Crippen molar-refractivity contribution in [2.24, 2.45) is 5.92 Å². The number of nitrogens with one attached hydrogen (secondary N) is 1. The Morgan fingerprint density at radius 1 is 1.26 bits per heavy atom. The molecule has 2 atom stereocenters. The Bertz CT molecular complexity index is 1280. The van der Waals surface area contributed by atoms with Gasteiger partial charge >= 0.3 is 5.97 Å². The quantitative estimate of drug-likeness (QED) is 0.579. The molecule has 3 aromatic rings. The highest BCUT2D eigenvalue weighted by Crippen LogP contribution is 2.31. The van der Waals surface area contributed by atoms with Crippen molar-refractivity contribution in [3.8, 4) is 11.4 Å². The number of hydrogen-bond donors (Lipinski definition) is 1. The molecule has 0 bridgehead atoms. The molecule has 34 heavy (non-hydrogen) atoms. The van der Waals surface area contributed by atoms with Gasteiger partial charge in [0.2, 0.25) is 5.43 Å². The molecule has 2 unspecified atom stereocenters. The van der Waals surface area contributed by atoms with Gasteiger partial charge in [-0.2, -0.15) is 0 Å². The zero-order valence-corrected chi connectivity index (χ0v) is 19.2. The second kappa shape index (κ2) is 9.06. The van der Waals surface area contributed by atoms with Crippen LogP contribution in [0.2, 0.25) is 0 Å². The monoisotopic (exact) mass is 466 g/mol. The lowest BCUT2D eigenvalue weighted by Gasteiger charge is -2.24. The molecule has 5 rings (SSSR count). The summed E-state index contributed by atoms with van der Waals surface area (Å²) >= 11 is 0. The molecule has 1 aromatic carbocycles. The van der Waals surface area contributed by atoms with Crippen molar-refractivity contribution in [1.82, 2.24) is 14.9 Å². The number of carbonyl (C=O) groups excluding carboxylic acids is 1. The van der Waals surface area contributed by atoms with Crippen LogP contribution in [0.25, 0.3) is 16.7 Å². The van der Waals surface area contributed by atoms with E-state index >= 15 is 4.39 Å². The highest BCUT2D eigenvalue weighted by atomic mass is 19.1. The van der Waals surface area contributed by atoms with Crippen LogP contribution in [-0.2, 0) is 4.74 Å². The number of nitrogens with zero attached hydrogens (tertiary/aromatic N) is 3. The molecule has 4 heterocycles. The molecule has 9 heteroatoms. The van der Waals surface area contributed by atoms with Gasteiger partial charge in [-0.15, -0.1) is 0 Å².